The summed E-state index contributed by atoms with van der Waals surface area (Å²) in [6.07, 6.45) is 2.46. The summed E-state index contributed by atoms with van der Waals surface area (Å²) in [6, 6.07) is 8.57. The van der Waals surface area contributed by atoms with Gasteiger partial charge in [0.25, 0.3) is 0 Å². The number of hydrogen-bond donors (Lipinski definition) is 1. The van der Waals surface area contributed by atoms with E-state index < -0.39 is 0 Å². The third-order valence-electron chi connectivity index (χ3n) is 3.33. The maximum Gasteiger partial charge on any atom is 0.0450 e. The standard InChI is InChI=1S/C14H22ClN/c1-4-12(5-2)11(3)16-10-13-8-6-7-9-14(13)15/h6-9,11-12,16H,4-5,10H2,1-3H3. The molecular formula is C14H22ClN. The van der Waals surface area contributed by atoms with Gasteiger partial charge in [-0.2, -0.15) is 0 Å². The van der Waals surface area contributed by atoms with E-state index >= 15 is 0 Å². The van der Waals surface area contributed by atoms with Crippen molar-refractivity contribution >= 4 is 11.6 Å². The molecular weight excluding hydrogens is 218 g/mol. The second-order valence-electron chi connectivity index (χ2n) is 4.34. The summed E-state index contributed by atoms with van der Waals surface area (Å²) in [5, 5.41) is 4.41. The van der Waals surface area contributed by atoms with Gasteiger partial charge in [0, 0.05) is 17.6 Å². The van der Waals surface area contributed by atoms with Crippen molar-refractivity contribution in [3.8, 4) is 0 Å². The Morgan fingerprint density at radius 3 is 2.38 bits per heavy atom. The summed E-state index contributed by atoms with van der Waals surface area (Å²) in [5.74, 6) is 0.752. The molecule has 0 aliphatic carbocycles. The van der Waals surface area contributed by atoms with Gasteiger partial charge in [-0.05, 0) is 24.5 Å². The van der Waals surface area contributed by atoms with Crippen LogP contribution in [0.25, 0.3) is 0 Å². The van der Waals surface area contributed by atoms with Crippen LogP contribution < -0.4 is 5.32 Å². The Morgan fingerprint density at radius 1 is 1.19 bits per heavy atom. The van der Waals surface area contributed by atoms with E-state index in [0.717, 1.165) is 17.5 Å². The number of hydrogen-bond acceptors (Lipinski definition) is 1. The van der Waals surface area contributed by atoms with E-state index in [-0.39, 0.29) is 0 Å². The van der Waals surface area contributed by atoms with Crippen LogP contribution >= 0.6 is 11.6 Å². The Morgan fingerprint density at radius 2 is 1.81 bits per heavy atom. The van der Waals surface area contributed by atoms with Gasteiger partial charge in [-0.15, -0.1) is 0 Å². The number of nitrogens with one attached hydrogen (secondary N) is 1. The average molecular weight is 240 g/mol. The van der Waals surface area contributed by atoms with Gasteiger partial charge >= 0.3 is 0 Å². The SMILES string of the molecule is CCC(CC)C(C)NCc1ccccc1Cl. The summed E-state index contributed by atoms with van der Waals surface area (Å²) in [5.41, 5.74) is 1.18. The van der Waals surface area contributed by atoms with Crippen LogP contribution in [0.3, 0.4) is 0 Å². The zero-order chi connectivity index (χ0) is 12.0. The summed E-state index contributed by atoms with van der Waals surface area (Å²) in [6.45, 7) is 7.62. The lowest BCUT2D eigenvalue weighted by Crippen LogP contribution is -2.32. The predicted octanol–water partition coefficient (Wildman–Crippen LogP) is 4.25. The zero-order valence-corrected chi connectivity index (χ0v) is 11.2. The van der Waals surface area contributed by atoms with Crippen molar-refractivity contribution in [2.45, 2.75) is 46.2 Å². The molecule has 16 heavy (non-hydrogen) atoms. The molecule has 0 heterocycles. The summed E-state index contributed by atoms with van der Waals surface area (Å²) in [7, 11) is 0. The van der Waals surface area contributed by atoms with E-state index in [1.807, 2.05) is 18.2 Å². The van der Waals surface area contributed by atoms with Gasteiger partial charge in [0.1, 0.15) is 0 Å². The van der Waals surface area contributed by atoms with Gasteiger partial charge < -0.3 is 5.32 Å². The zero-order valence-electron chi connectivity index (χ0n) is 10.5. The fourth-order valence-electron chi connectivity index (χ4n) is 2.08. The number of halogens is 1. The quantitative estimate of drug-likeness (QED) is 0.783. The first-order valence-corrected chi connectivity index (χ1v) is 6.53. The first-order chi connectivity index (χ1) is 7.69. The van der Waals surface area contributed by atoms with Crippen LogP contribution in [-0.4, -0.2) is 6.04 Å². The van der Waals surface area contributed by atoms with Gasteiger partial charge in [0.05, 0.1) is 0 Å². The van der Waals surface area contributed by atoms with E-state index in [0.29, 0.717) is 6.04 Å². The molecule has 1 nitrogen and oxygen atoms in total. The van der Waals surface area contributed by atoms with Gasteiger partial charge in [-0.1, -0.05) is 56.5 Å². The van der Waals surface area contributed by atoms with Crippen LogP contribution in [0, 0.1) is 5.92 Å². The molecule has 0 spiro atoms. The molecule has 1 aromatic rings. The number of rotatable bonds is 6. The molecule has 0 saturated carbocycles. The molecule has 0 amide bonds. The average Bonchev–Trinajstić information content (AvgIpc) is 2.29. The Kier molecular flexibility index (Phi) is 5.86. The van der Waals surface area contributed by atoms with Gasteiger partial charge in [0.2, 0.25) is 0 Å². The molecule has 1 unspecified atom stereocenters. The molecule has 0 aliphatic rings. The van der Waals surface area contributed by atoms with E-state index in [1.165, 1.54) is 18.4 Å². The largest absolute Gasteiger partial charge is 0.310 e. The minimum absolute atomic E-state index is 0.547. The predicted molar refractivity (Wildman–Crippen MR) is 71.8 cm³/mol. The summed E-state index contributed by atoms with van der Waals surface area (Å²) < 4.78 is 0. The lowest BCUT2D eigenvalue weighted by molar-refractivity contribution is 0.353. The molecule has 1 atom stereocenters. The van der Waals surface area contributed by atoms with Crippen LogP contribution in [0.15, 0.2) is 24.3 Å². The highest BCUT2D eigenvalue weighted by atomic mass is 35.5. The van der Waals surface area contributed by atoms with Crippen LogP contribution in [0.5, 0.6) is 0 Å². The normalized spacial score (nSPS) is 13.1. The van der Waals surface area contributed by atoms with Gasteiger partial charge in [-0.3, -0.25) is 0 Å². The molecule has 1 N–H and O–H groups in total. The van der Waals surface area contributed by atoms with Gasteiger partial charge in [0.15, 0.2) is 0 Å². The fraction of sp³-hybridized carbons (Fsp3) is 0.571. The van der Waals surface area contributed by atoms with Crippen molar-refractivity contribution in [2.75, 3.05) is 0 Å². The van der Waals surface area contributed by atoms with Crippen molar-refractivity contribution in [1.29, 1.82) is 0 Å². The van der Waals surface area contributed by atoms with Crippen LogP contribution in [0.4, 0.5) is 0 Å². The third kappa shape index (κ3) is 3.80. The highest BCUT2D eigenvalue weighted by Crippen LogP contribution is 2.17. The first kappa shape index (κ1) is 13.5. The highest BCUT2D eigenvalue weighted by molar-refractivity contribution is 6.31. The highest BCUT2D eigenvalue weighted by Gasteiger charge is 2.12. The summed E-state index contributed by atoms with van der Waals surface area (Å²) >= 11 is 6.12. The van der Waals surface area contributed by atoms with Crippen LogP contribution in [-0.2, 0) is 6.54 Å². The lowest BCUT2D eigenvalue weighted by atomic mass is 9.95. The fourth-order valence-corrected chi connectivity index (χ4v) is 2.28. The lowest BCUT2D eigenvalue weighted by Gasteiger charge is -2.22. The second-order valence-corrected chi connectivity index (χ2v) is 4.74. The third-order valence-corrected chi connectivity index (χ3v) is 3.70. The van der Waals surface area contributed by atoms with Crippen molar-refractivity contribution < 1.29 is 0 Å². The van der Waals surface area contributed by atoms with Crippen molar-refractivity contribution in [2.24, 2.45) is 5.92 Å². The van der Waals surface area contributed by atoms with Crippen LogP contribution in [0.1, 0.15) is 39.2 Å². The molecule has 0 aliphatic heterocycles. The van der Waals surface area contributed by atoms with Crippen LogP contribution in [0.2, 0.25) is 5.02 Å². The van der Waals surface area contributed by atoms with E-state index in [4.69, 9.17) is 11.6 Å². The molecule has 1 rings (SSSR count). The molecule has 0 fully saturated rings. The molecule has 0 bridgehead atoms. The molecule has 2 heteroatoms. The maximum atomic E-state index is 6.12. The monoisotopic (exact) mass is 239 g/mol. The number of benzene rings is 1. The van der Waals surface area contributed by atoms with Crippen molar-refractivity contribution in [3.05, 3.63) is 34.9 Å². The molecule has 1 aromatic carbocycles. The van der Waals surface area contributed by atoms with E-state index in [2.05, 4.69) is 32.2 Å². The Labute approximate surface area is 104 Å². The van der Waals surface area contributed by atoms with E-state index in [9.17, 15) is 0 Å². The Bertz CT molecular complexity index is 307. The Balaban J connectivity index is 2.48. The maximum absolute atomic E-state index is 6.12. The Hall–Kier alpha value is -0.530. The first-order valence-electron chi connectivity index (χ1n) is 6.15. The van der Waals surface area contributed by atoms with Gasteiger partial charge in [-0.25, -0.2) is 0 Å². The van der Waals surface area contributed by atoms with Crippen molar-refractivity contribution in [3.63, 3.8) is 0 Å². The second kappa shape index (κ2) is 6.93. The van der Waals surface area contributed by atoms with E-state index in [1.54, 1.807) is 0 Å². The summed E-state index contributed by atoms with van der Waals surface area (Å²) in [4.78, 5) is 0. The minimum atomic E-state index is 0.547. The molecule has 90 valence electrons. The molecule has 0 aromatic heterocycles. The molecule has 0 radical (unpaired) electrons. The smallest absolute Gasteiger partial charge is 0.0450 e. The minimum Gasteiger partial charge on any atom is -0.310 e. The topological polar surface area (TPSA) is 12.0 Å². The molecule has 0 saturated heterocycles. The van der Waals surface area contributed by atoms with Crippen molar-refractivity contribution in [1.82, 2.24) is 5.32 Å².